The normalized spacial score (nSPS) is 12.1. The van der Waals surface area contributed by atoms with Crippen LogP contribution in [0.3, 0.4) is 0 Å². The van der Waals surface area contributed by atoms with Gasteiger partial charge in [-0.2, -0.15) is 9.40 Å². The van der Waals surface area contributed by atoms with E-state index < -0.39 is 29.7 Å². The standard InChI is InChI=1S/C22H23FN2O7/c1-3-30-19(27)22(23,16(2)26)25(21(29)32-15-18-12-8-5-9-13-18)24-20(28)31-14-17-10-6-4-7-11-17/h4-13H,3,14-15H2,1-2H3,(H,24,28). The van der Waals surface area contributed by atoms with E-state index in [2.05, 4.69) is 4.74 Å². The van der Waals surface area contributed by atoms with Gasteiger partial charge in [0.05, 0.1) is 6.61 Å². The number of amides is 2. The first-order valence-corrected chi connectivity index (χ1v) is 9.64. The minimum absolute atomic E-state index is 0.163. The molecule has 2 rings (SSSR count). The van der Waals surface area contributed by atoms with Gasteiger partial charge in [0.25, 0.3) is 0 Å². The average molecular weight is 446 g/mol. The number of carbonyl (C=O) groups excluding carboxylic acids is 4. The maximum absolute atomic E-state index is 15.6. The molecule has 9 nitrogen and oxygen atoms in total. The molecule has 0 aliphatic heterocycles. The Balaban J connectivity index is 2.21. The number of nitrogens with one attached hydrogen (secondary N) is 1. The van der Waals surface area contributed by atoms with Crippen LogP contribution < -0.4 is 5.43 Å². The molecule has 0 saturated heterocycles. The predicted molar refractivity (Wildman–Crippen MR) is 109 cm³/mol. The number of ketones is 1. The number of rotatable bonds is 8. The summed E-state index contributed by atoms with van der Waals surface area (Å²) in [5.41, 5.74) is 2.95. The molecule has 2 aromatic rings. The van der Waals surface area contributed by atoms with Crippen LogP contribution in [0.5, 0.6) is 0 Å². The monoisotopic (exact) mass is 446 g/mol. The zero-order valence-electron chi connectivity index (χ0n) is 17.6. The Morgan fingerprint density at radius 2 is 1.38 bits per heavy atom. The van der Waals surface area contributed by atoms with Crippen LogP contribution in [0.4, 0.5) is 14.0 Å². The van der Waals surface area contributed by atoms with Crippen molar-refractivity contribution in [3.63, 3.8) is 0 Å². The Kier molecular flexibility index (Phi) is 8.70. The number of hydrogen-bond acceptors (Lipinski definition) is 7. The third-order valence-electron chi connectivity index (χ3n) is 4.12. The Morgan fingerprint density at radius 1 is 0.875 bits per heavy atom. The van der Waals surface area contributed by atoms with Crippen molar-refractivity contribution < 1.29 is 37.8 Å². The summed E-state index contributed by atoms with van der Waals surface area (Å²) < 4.78 is 30.1. The summed E-state index contributed by atoms with van der Waals surface area (Å²) in [6.07, 6.45) is -2.80. The first-order valence-electron chi connectivity index (χ1n) is 9.64. The van der Waals surface area contributed by atoms with Crippen molar-refractivity contribution >= 4 is 23.9 Å². The van der Waals surface area contributed by atoms with Crippen molar-refractivity contribution in [3.8, 4) is 0 Å². The molecule has 0 bridgehead atoms. The average Bonchev–Trinajstić information content (AvgIpc) is 2.80. The predicted octanol–water partition coefficient (Wildman–Crippen LogP) is 3.28. The summed E-state index contributed by atoms with van der Waals surface area (Å²) in [7, 11) is 0. The van der Waals surface area contributed by atoms with Crippen LogP contribution in [0.2, 0.25) is 0 Å². The van der Waals surface area contributed by atoms with Crippen LogP contribution in [0, 0.1) is 0 Å². The molecule has 0 spiro atoms. The summed E-state index contributed by atoms with van der Waals surface area (Å²) in [5, 5.41) is -0.163. The molecule has 2 aromatic carbocycles. The van der Waals surface area contributed by atoms with Gasteiger partial charge in [0.1, 0.15) is 13.2 Å². The first-order chi connectivity index (χ1) is 15.3. The highest BCUT2D eigenvalue weighted by Crippen LogP contribution is 2.22. The number of Topliss-reactive ketones (excluding diaryl/α,β-unsaturated/α-hetero) is 1. The third-order valence-corrected chi connectivity index (χ3v) is 4.12. The van der Waals surface area contributed by atoms with Gasteiger partial charge < -0.3 is 14.2 Å². The van der Waals surface area contributed by atoms with Crippen LogP contribution >= 0.6 is 0 Å². The second-order valence-corrected chi connectivity index (χ2v) is 6.45. The van der Waals surface area contributed by atoms with Crippen molar-refractivity contribution in [3.05, 3.63) is 71.8 Å². The van der Waals surface area contributed by atoms with Crippen molar-refractivity contribution in [1.29, 1.82) is 0 Å². The lowest BCUT2D eigenvalue weighted by Crippen LogP contribution is -2.65. The highest BCUT2D eigenvalue weighted by atomic mass is 19.1. The molecule has 1 atom stereocenters. The van der Waals surface area contributed by atoms with E-state index in [1.807, 2.05) is 0 Å². The first kappa shape index (κ1) is 24.3. The summed E-state index contributed by atoms with van der Waals surface area (Å²) >= 11 is 0. The number of esters is 1. The van der Waals surface area contributed by atoms with Gasteiger partial charge in [-0.15, -0.1) is 0 Å². The Morgan fingerprint density at radius 3 is 1.84 bits per heavy atom. The fourth-order valence-corrected chi connectivity index (χ4v) is 2.50. The molecule has 0 aliphatic carbocycles. The Hall–Kier alpha value is -3.95. The number of ether oxygens (including phenoxy) is 3. The van der Waals surface area contributed by atoms with E-state index in [9.17, 15) is 19.2 Å². The van der Waals surface area contributed by atoms with E-state index in [1.54, 1.807) is 66.1 Å². The Bertz CT molecular complexity index is 940. The molecule has 0 aliphatic rings. The van der Waals surface area contributed by atoms with Gasteiger partial charge in [0.15, 0.2) is 0 Å². The summed E-state index contributed by atoms with van der Waals surface area (Å²) in [4.78, 5) is 49.1. The van der Waals surface area contributed by atoms with E-state index in [-0.39, 0.29) is 24.8 Å². The lowest BCUT2D eigenvalue weighted by Gasteiger charge is -2.32. The van der Waals surface area contributed by atoms with Crippen LogP contribution in [-0.4, -0.2) is 41.3 Å². The number of halogens is 1. The van der Waals surface area contributed by atoms with E-state index in [1.165, 1.54) is 6.92 Å². The van der Waals surface area contributed by atoms with Crippen molar-refractivity contribution in [2.24, 2.45) is 0 Å². The fraction of sp³-hybridized carbons (Fsp3) is 0.273. The molecular formula is C22H23FN2O7. The summed E-state index contributed by atoms with van der Waals surface area (Å²) in [5.74, 6) is -6.77. The van der Waals surface area contributed by atoms with E-state index >= 15 is 4.39 Å². The van der Waals surface area contributed by atoms with Gasteiger partial charge in [-0.3, -0.25) is 4.79 Å². The van der Waals surface area contributed by atoms with Crippen molar-refractivity contribution in [1.82, 2.24) is 10.4 Å². The van der Waals surface area contributed by atoms with E-state index in [0.29, 0.717) is 11.1 Å². The SMILES string of the molecule is CCOC(=O)C(F)(C(C)=O)N(NC(=O)OCc1ccccc1)C(=O)OCc1ccccc1. The van der Waals surface area contributed by atoms with Crippen LogP contribution in [0.15, 0.2) is 60.7 Å². The summed E-state index contributed by atoms with van der Waals surface area (Å²) in [6, 6.07) is 16.9. The zero-order valence-corrected chi connectivity index (χ0v) is 17.6. The number of hydrazine groups is 1. The van der Waals surface area contributed by atoms with E-state index in [4.69, 9.17) is 9.47 Å². The topological polar surface area (TPSA) is 111 Å². The number of alkyl halides is 1. The second kappa shape index (κ2) is 11.4. The quantitative estimate of drug-likeness (QED) is 0.218. The second-order valence-electron chi connectivity index (χ2n) is 6.45. The van der Waals surface area contributed by atoms with Crippen LogP contribution in [-0.2, 0) is 37.0 Å². The molecule has 0 radical (unpaired) electrons. The highest BCUT2D eigenvalue weighted by molar-refractivity contribution is 6.07. The molecule has 1 unspecified atom stereocenters. The summed E-state index contributed by atoms with van der Waals surface area (Å²) in [6.45, 7) is 1.32. The molecular weight excluding hydrogens is 423 g/mol. The molecule has 0 aromatic heterocycles. The van der Waals surface area contributed by atoms with Crippen molar-refractivity contribution in [2.45, 2.75) is 32.9 Å². The van der Waals surface area contributed by atoms with Crippen LogP contribution in [0.1, 0.15) is 25.0 Å². The number of nitrogens with zero attached hydrogens (tertiary/aromatic N) is 1. The van der Waals surface area contributed by atoms with Gasteiger partial charge in [-0.05, 0) is 18.1 Å². The van der Waals surface area contributed by atoms with Gasteiger partial charge in [0, 0.05) is 6.92 Å². The van der Waals surface area contributed by atoms with Gasteiger partial charge in [-0.1, -0.05) is 60.7 Å². The maximum atomic E-state index is 15.6. The Labute approximate surface area is 184 Å². The molecule has 0 heterocycles. The maximum Gasteiger partial charge on any atom is 0.432 e. The van der Waals surface area contributed by atoms with Crippen molar-refractivity contribution in [2.75, 3.05) is 6.61 Å². The lowest BCUT2D eigenvalue weighted by molar-refractivity contribution is -0.178. The van der Waals surface area contributed by atoms with Gasteiger partial charge in [0.2, 0.25) is 5.78 Å². The minimum atomic E-state index is -3.67. The number of carbonyl (C=O) groups is 4. The van der Waals surface area contributed by atoms with Gasteiger partial charge in [-0.25, -0.2) is 19.8 Å². The number of hydrogen-bond donors (Lipinski definition) is 1. The minimum Gasteiger partial charge on any atom is -0.462 e. The van der Waals surface area contributed by atoms with Crippen LogP contribution in [0.25, 0.3) is 0 Å². The molecule has 0 saturated carbocycles. The molecule has 32 heavy (non-hydrogen) atoms. The third kappa shape index (κ3) is 6.27. The molecule has 170 valence electrons. The van der Waals surface area contributed by atoms with Gasteiger partial charge >= 0.3 is 23.9 Å². The zero-order chi connectivity index (χ0) is 23.6. The molecule has 1 N–H and O–H groups in total. The lowest BCUT2D eigenvalue weighted by atomic mass is 10.1. The highest BCUT2D eigenvalue weighted by Gasteiger charge is 2.55. The van der Waals surface area contributed by atoms with E-state index in [0.717, 1.165) is 6.92 Å². The fourth-order valence-electron chi connectivity index (χ4n) is 2.50. The molecule has 10 heteroatoms. The largest absolute Gasteiger partial charge is 0.462 e. The number of benzene rings is 2. The smallest absolute Gasteiger partial charge is 0.432 e. The molecule has 0 fully saturated rings. The molecule has 2 amide bonds.